The van der Waals surface area contributed by atoms with Crippen LogP contribution in [0.2, 0.25) is 0 Å². The molecule has 1 saturated carbocycles. The van der Waals surface area contributed by atoms with E-state index in [2.05, 4.69) is 43.9 Å². The lowest BCUT2D eigenvalue weighted by Gasteiger charge is -2.22. The summed E-state index contributed by atoms with van der Waals surface area (Å²) in [4.78, 5) is 16.7. The van der Waals surface area contributed by atoms with Gasteiger partial charge >= 0.3 is 0 Å². The molecule has 2 fully saturated rings. The summed E-state index contributed by atoms with van der Waals surface area (Å²) in [6.45, 7) is 4.85. The Morgan fingerprint density at radius 3 is 2.70 bits per heavy atom. The molecule has 2 aliphatic rings. The number of halogens is 1. The highest BCUT2D eigenvalue weighted by molar-refractivity contribution is 9.10. The Kier molecular flexibility index (Phi) is 4.41. The molecule has 0 atom stereocenters. The van der Waals surface area contributed by atoms with Gasteiger partial charge in [0.2, 0.25) is 5.91 Å². The molecule has 1 saturated heterocycles. The van der Waals surface area contributed by atoms with Crippen LogP contribution in [0.25, 0.3) is 0 Å². The van der Waals surface area contributed by atoms with E-state index in [0.717, 1.165) is 52.0 Å². The van der Waals surface area contributed by atoms with Gasteiger partial charge in [-0.2, -0.15) is 0 Å². The van der Waals surface area contributed by atoms with Crippen LogP contribution in [0.5, 0.6) is 0 Å². The average Bonchev–Trinajstić information content (AvgIpc) is 3.27. The summed E-state index contributed by atoms with van der Waals surface area (Å²) < 4.78 is 1.18. The lowest BCUT2D eigenvalue weighted by Crippen LogP contribution is -2.36. The van der Waals surface area contributed by atoms with E-state index in [1.807, 2.05) is 6.07 Å². The van der Waals surface area contributed by atoms with Gasteiger partial charge < -0.3 is 4.90 Å². The van der Waals surface area contributed by atoms with Gasteiger partial charge in [-0.1, -0.05) is 34.1 Å². The topological polar surface area (TPSA) is 23.6 Å². The first-order valence-corrected chi connectivity index (χ1v) is 8.28. The molecule has 1 aliphatic carbocycles. The second kappa shape index (κ2) is 6.27. The summed E-state index contributed by atoms with van der Waals surface area (Å²) in [7, 11) is 0. The molecule has 3 rings (SSSR count). The molecule has 0 radical (unpaired) electrons. The maximum Gasteiger partial charge on any atom is 0.225 e. The Morgan fingerprint density at radius 2 is 1.95 bits per heavy atom. The third-order valence-electron chi connectivity index (χ3n) is 4.18. The van der Waals surface area contributed by atoms with Crippen molar-refractivity contribution in [3.05, 3.63) is 34.3 Å². The van der Waals surface area contributed by atoms with Crippen LogP contribution >= 0.6 is 15.9 Å². The van der Waals surface area contributed by atoms with Crippen molar-refractivity contribution in [3.63, 3.8) is 0 Å². The van der Waals surface area contributed by atoms with E-state index in [1.54, 1.807) is 0 Å². The predicted octanol–water partition coefficient (Wildman–Crippen LogP) is 2.89. The first-order valence-electron chi connectivity index (χ1n) is 7.48. The van der Waals surface area contributed by atoms with E-state index in [0.29, 0.717) is 11.8 Å². The second-order valence-corrected chi connectivity index (χ2v) is 6.68. The highest BCUT2D eigenvalue weighted by atomic mass is 79.9. The fourth-order valence-electron chi connectivity index (χ4n) is 2.81. The summed E-state index contributed by atoms with van der Waals surface area (Å²) in [5.74, 6) is 0.748. The first-order chi connectivity index (χ1) is 9.74. The summed E-state index contributed by atoms with van der Waals surface area (Å²) in [6.07, 6.45) is 3.30. The molecule has 0 bridgehead atoms. The first kappa shape index (κ1) is 14.1. The third-order valence-corrected chi connectivity index (χ3v) is 4.95. The van der Waals surface area contributed by atoms with Gasteiger partial charge in [-0.15, -0.1) is 0 Å². The predicted molar refractivity (Wildman–Crippen MR) is 83.3 cm³/mol. The van der Waals surface area contributed by atoms with E-state index in [4.69, 9.17) is 0 Å². The van der Waals surface area contributed by atoms with Crippen molar-refractivity contribution in [1.82, 2.24) is 9.80 Å². The van der Waals surface area contributed by atoms with Crippen molar-refractivity contribution in [2.24, 2.45) is 5.92 Å². The van der Waals surface area contributed by atoms with Crippen LogP contribution in [-0.4, -0.2) is 41.9 Å². The van der Waals surface area contributed by atoms with E-state index < -0.39 is 0 Å². The zero-order valence-electron chi connectivity index (χ0n) is 11.7. The number of rotatable bonds is 3. The summed E-state index contributed by atoms with van der Waals surface area (Å²) in [5, 5.41) is 0. The van der Waals surface area contributed by atoms with Crippen LogP contribution in [0.1, 0.15) is 24.8 Å². The number of benzene rings is 1. The molecule has 1 aliphatic heterocycles. The molecule has 1 heterocycles. The molecule has 1 aromatic carbocycles. The highest BCUT2D eigenvalue weighted by Gasteiger charge is 2.33. The molecule has 20 heavy (non-hydrogen) atoms. The zero-order chi connectivity index (χ0) is 13.9. The minimum Gasteiger partial charge on any atom is -0.341 e. The Balaban J connectivity index is 1.57. The van der Waals surface area contributed by atoms with Gasteiger partial charge in [-0.25, -0.2) is 0 Å². The molecule has 0 unspecified atom stereocenters. The highest BCUT2D eigenvalue weighted by Crippen LogP contribution is 2.31. The van der Waals surface area contributed by atoms with Crippen LogP contribution in [0.3, 0.4) is 0 Å². The van der Waals surface area contributed by atoms with Crippen molar-refractivity contribution in [2.45, 2.75) is 25.8 Å². The summed E-state index contributed by atoms with van der Waals surface area (Å²) in [5.41, 5.74) is 1.33. The second-order valence-electron chi connectivity index (χ2n) is 5.82. The Morgan fingerprint density at radius 1 is 1.15 bits per heavy atom. The minimum absolute atomic E-state index is 0.352. The molecule has 1 amide bonds. The number of carbonyl (C=O) groups excluding carboxylic acids is 1. The van der Waals surface area contributed by atoms with Crippen LogP contribution in [-0.2, 0) is 11.3 Å². The van der Waals surface area contributed by atoms with Gasteiger partial charge in [-0.05, 0) is 30.9 Å². The van der Waals surface area contributed by atoms with Gasteiger partial charge in [-0.3, -0.25) is 9.69 Å². The largest absolute Gasteiger partial charge is 0.341 e. The molecule has 1 aromatic rings. The Labute approximate surface area is 129 Å². The van der Waals surface area contributed by atoms with Gasteiger partial charge in [0, 0.05) is 43.1 Å². The normalized spacial score (nSPS) is 20.8. The van der Waals surface area contributed by atoms with Crippen LogP contribution in [0.4, 0.5) is 0 Å². The number of amides is 1. The van der Waals surface area contributed by atoms with Crippen molar-refractivity contribution in [3.8, 4) is 0 Å². The zero-order valence-corrected chi connectivity index (χ0v) is 13.3. The molecule has 3 nitrogen and oxygen atoms in total. The van der Waals surface area contributed by atoms with Gasteiger partial charge in [0.25, 0.3) is 0 Å². The van der Waals surface area contributed by atoms with Crippen molar-refractivity contribution in [1.29, 1.82) is 0 Å². The van der Waals surface area contributed by atoms with Gasteiger partial charge in [0.15, 0.2) is 0 Å². The minimum atomic E-state index is 0.352. The third kappa shape index (κ3) is 3.41. The van der Waals surface area contributed by atoms with Crippen molar-refractivity contribution in [2.75, 3.05) is 26.2 Å². The molecule has 0 N–H and O–H groups in total. The standard InChI is InChI=1S/C16H21BrN2O/c17-15-5-2-1-4-14(15)12-18-8-3-9-19(11-10-18)16(20)13-6-7-13/h1-2,4-5,13H,3,6-12H2. The molecule has 0 spiro atoms. The fraction of sp³-hybridized carbons (Fsp3) is 0.562. The van der Waals surface area contributed by atoms with Crippen molar-refractivity contribution >= 4 is 21.8 Å². The van der Waals surface area contributed by atoms with E-state index in [9.17, 15) is 4.79 Å². The van der Waals surface area contributed by atoms with Crippen LogP contribution in [0, 0.1) is 5.92 Å². The van der Waals surface area contributed by atoms with Crippen molar-refractivity contribution < 1.29 is 4.79 Å². The van der Waals surface area contributed by atoms with Gasteiger partial charge in [0.1, 0.15) is 0 Å². The molecule has 0 aromatic heterocycles. The maximum absolute atomic E-state index is 12.1. The van der Waals surface area contributed by atoms with E-state index in [-0.39, 0.29) is 0 Å². The Bertz CT molecular complexity index is 487. The summed E-state index contributed by atoms with van der Waals surface area (Å²) >= 11 is 3.61. The van der Waals surface area contributed by atoms with Crippen LogP contribution < -0.4 is 0 Å². The molecular formula is C16H21BrN2O. The number of carbonyl (C=O) groups is 1. The quantitative estimate of drug-likeness (QED) is 0.847. The number of nitrogens with zero attached hydrogens (tertiary/aromatic N) is 2. The number of hydrogen-bond acceptors (Lipinski definition) is 2. The monoisotopic (exact) mass is 336 g/mol. The Hall–Kier alpha value is -0.870. The lowest BCUT2D eigenvalue weighted by molar-refractivity contribution is -0.132. The molecular weight excluding hydrogens is 316 g/mol. The maximum atomic E-state index is 12.1. The SMILES string of the molecule is O=C(C1CC1)N1CCCN(Cc2ccccc2Br)CC1. The van der Waals surface area contributed by atoms with E-state index >= 15 is 0 Å². The summed E-state index contributed by atoms with van der Waals surface area (Å²) in [6, 6.07) is 8.39. The number of hydrogen-bond donors (Lipinski definition) is 0. The fourth-order valence-corrected chi connectivity index (χ4v) is 3.22. The molecule has 108 valence electrons. The lowest BCUT2D eigenvalue weighted by atomic mass is 10.2. The molecule has 4 heteroatoms. The average molecular weight is 337 g/mol. The smallest absolute Gasteiger partial charge is 0.225 e. The van der Waals surface area contributed by atoms with E-state index in [1.165, 1.54) is 10.0 Å². The van der Waals surface area contributed by atoms with Crippen LogP contribution in [0.15, 0.2) is 28.7 Å². The van der Waals surface area contributed by atoms with Gasteiger partial charge in [0.05, 0.1) is 0 Å².